The summed E-state index contributed by atoms with van der Waals surface area (Å²) in [6, 6.07) is 1.72. The van der Waals surface area contributed by atoms with Gasteiger partial charge >= 0.3 is 0 Å². The van der Waals surface area contributed by atoms with E-state index in [1.807, 2.05) is 0 Å². The average molecular weight is 305 g/mol. The lowest BCUT2D eigenvalue weighted by Crippen LogP contribution is -2.55. The quantitative estimate of drug-likeness (QED) is 0.915. The van der Waals surface area contributed by atoms with Crippen LogP contribution in [0.2, 0.25) is 0 Å². The second kappa shape index (κ2) is 6.22. The normalized spacial score (nSPS) is 28.7. The van der Waals surface area contributed by atoms with Crippen molar-refractivity contribution in [3.63, 3.8) is 0 Å². The first-order valence-electron chi connectivity index (χ1n) is 7.80. The van der Waals surface area contributed by atoms with Crippen LogP contribution in [-0.2, 0) is 4.74 Å². The first-order valence-corrected chi connectivity index (χ1v) is 7.80. The summed E-state index contributed by atoms with van der Waals surface area (Å²) in [4.78, 5) is 20.0. The number of fused-ring (bicyclic) bond motifs is 1. The number of hydrogen-bond acceptors (Lipinski definition) is 5. The van der Waals surface area contributed by atoms with Gasteiger partial charge in [0.15, 0.2) is 0 Å². The Balaban J connectivity index is 1.73. The van der Waals surface area contributed by atoms with Gasteiger partial charge in [0.1, 0.15) is 0 Å². The average Bonchev–Trinajstić information content (AvgIpc) is 2.57. The summed E-state index contributed by atoms with van der Waals surface area (Å²) >= 11 is 0. The Bertz CT molecular complexity index is 543. The Labute approximate surface area is 130 Å². The molecule has 1 aromatic rings. The van der Waals surface area contributed by atoms with E-state index in [9.17, 15) is 9.90 Å². The summed E-state index contributed by atoms with van der Waals surface area (Å²) in [5, 5.41) is 10.5. The van der Waals surface area contributed by atoms with Crippen molar-refractivity contribution in [2.75, 3.05) is 25.6 Å². The maximum absolute atomic E-state index is 12.7. The Kier molecular flexibility index (Phi) is 4.31. The molecule has 1 N–H and O–H groups in total. The number of hydrogen-bond donors (Lipinski definition) is 1. The van der Waals surface area contributed by atoms with Crippen LogP contribution in [0.4, 0.5) is 5.69 Å². The van der Waals surface area contributed by atoms with Gasteiger partial charge in [-0.25, -0.2) is 0 Å². The van der Waals surface area contributed by atoms with Crippen LogP contribution in [0.25, 0.3) is 0 Å². The molecule has 0 aromatic carbocycles. The van der Waals surface area contributed by atoms with Gasteiger partial charge < -0.3 is 14.7 Å². The summed E-state index contributed by atoms with van der Waals surface area (Å²) < 4.78 is 5.39. The summed E-state index contributed by atoms with van der Waals surface area (Å²) in [6.45, 7) is 0.586. The molecule has 0 spiro atoms. The van der Waals surface area contributed by atoms with Crippen molar-refractivity contribution in [2.45, 2.75) is 38.1 Å². The molecule has 1 aromatic heterocycles. The molecule has 120 valence electrons. The fraction of sp³-hybridized carbons (Fsp3) is 0.625. The van der Waals surface area contributed by atoms with E-state index < -0.39 is 6.35 Å². The molecule has 3 rings (SSSR count). The SMILES string of the molecule is COC1CCC(CN2C(=O)c3ccncc3N(C)C2O)CC1. The van der Waals surface area contributed by atoms with E-state index in [2.05, 4.69) is 4.98 Å². The molecule has 0 radical (unpaired) electrons. The zero-order valence-corrected chi connectivity index (χ0v) is 13.1. The van der Waals surface area contributed by atoms with Crippen molar-refractivity contribution in [1.82, 2.24) is 9.88 Å². The number of aromatic nitrogens is 1. The molecule has 6 nitrogen and oxygen atoms in total. The number of amides is 1. The Hall–Kier alpha value is -1.66. The molecule has 1 fully saturated rings. The molecule has 1 aliphatic heterocycles. The minimum Gasteiger partial charge on any atom is -0.381 e. The van der Waals surface area contributed by atoms with Gasteiger partial charge in [-0.15, -0.1) is 0 Å². The molecular weight excluding hydrogens is 282 g/mol. The predicted octanol–water partition coefficient (Wildman–Crippen LogP) is 1.45. The standard InChI is InChI=1S/C16H23N3O3/c1-18-14-9-17-8-7-13(14)15(20)19(16(18)21)10-11-3-5-12(22-2)6-4-11/h7-9,11-12,16,21H,3-6,10H2,1-2H3. The molecule has 6 heteroatoms. The number of aliphatic hydroxyl groups is 1. The molecule has 2 aliphatic rings. The van der Waals surface area contributed by atoms with Crippen LogP contribution >= 0.6 is 0 Å². The Morgan fingerprint density at radius 2 is 2.09 bits per heavy atom. The van der Waals surface area contributed by atoms with Gasteiger partial charge in [0.25, 0.3) is 5.91 Å². The number of methoxy groups -OCH3 is 1. The highest BCUT2D eigenvalue weighted by Crippen LogP contribution is 2.32. The molecule has 1 atom stereocenters. The predicted molar refractivity (Wildman–Crippen MR) is 82.4 cm³/mol. The number of aliphatic hydroxyl groups excluding tert-OH is 1. The molecule has 0 bridgehead atoms. The molecule has 2 heterocycles. The molecule has 1 saturated carbocycles. The number of carbonyl (C=O) groups excluding carboxylic acids is 1. The molecule has 22 heavy (non-hydrogen) atoms. The van der Waals surface area contributed by atoms with Crippen LogP contribution in [0.5, 0.6) is 0 Å². The van der Waals surface area contributed by atoms with E-state index in [0.717, 1.165) is 25.7 Å². The van der Waals surface area contributed by atoms with Crippen LogP contribution in [0, 0.1) is 5.92 Å². The summed E-state index contributed by atoms with van der Waals surface area (Å²) in [5.74, 6) is 0.304. The Morgan fingerprint density at radius 1 is 1.36 bits per heavy atom. The minimum atomic E-state index is -0.927. The van der Waals surface area contributed by atoms with Crippen molar-refractivity contribution in [1.29, 1.82) is 0 Å². The molecule has 1 unspecified atom stereocenters. The lowest BCUT2D eigenvalue weighted by molar-refractivity contribution is -0.0108. The highest BCUT2D eigenvalue weighted by molar-refractivity contribution is 6.01. The molecular formula is C16H23N3O3. The number of carbonyl (C=O) groups is 1. The highest BCUT2D eigenvalue weighted by Gasteiger charge is 2.36. The third-order valence-corrected chi connectivity index (χ3v) is 4.88. The van der Waals surface area contributed by atoms with Crippen molar-refractivity contribution in [3.8, 4) is 0 Å². The zero-order valence-electron chi connectivity index (χ0n) is 13.1. The first kappa shape index (κ1) is 15.2. The van der Waals surface area contributed by atoms with Crippen LogP contribution in [0.3, 0.4) is 0 Å². The third kappa shape index (κ3) is 2.68. The smallest absolute Gasteiger partial charge is 0.259 e. The number of anilines is 1. The van der Waals surface area contributed by atoms with Gasteiger partial charge in [0, 0.05) is 26.9 Å². The van der Waals surface area contributed by atoms with Gasteiger partial charge in [0.2, 0.25) is 6.35 Å². The van der Waals surface area contributed by atoms with Crippen molar-refractivity contribution < 1.29 is 14.6 Å². The second-order valence-corrected chi connectivity index (χ2v) is 6.19. The zero-order chi connectivity index (χ0) is 15.7. The van der Waals surface area contributed by atoms with Gasteiger partial charge in [0.05, 0.1) is 23.6 Å². The maximum atomic E-state index is 12.7. The highest BCUT2D eigenvalue weighted by atomic mass is 16.5. The van der Waals surface area contributed by atoms with E-state index in [0.29, 0.717) is 29.8 Å². The Morgan fingerprint density at radius 3 is 2.77 bits per heavy atom. The first-order chi connectivity index (χ1) is 10.6. The van der Waals surface area contributed by atoms with Gasteiger partial charge in [-0.1, -0.05) is 0 Å². The summed E-state index contributed by atoms with van der Waals surface area (Å²) in [5.41, 5.74) is 1.28. The topological polar surface area (TPSA) is 65.9 Å². The third-order valence-electron chi connectivity index (χ3n) is 4.88. The van der Waals surface area contributed by atoms with E-state index in [1.165, 1.54) is 0 Å². The summed E-state index contributed by atoms with van der Waals surface area (Å²) in [7, 11) is 3.54. The summed E-state index contributed by atoms with van der Waals surface area (Å²) in [6.07, 6.45) is 6.76. The van der Waals surface area contributed by atoms with E-state index in [1.54, 1.807) is 42.4 Å². The van der Waals surface area contributed by atoms with Gasteiger partial charge in [-0.3, -0.25) is 14.7 Å². The number of pyridine rings is 1. The second-order valence-electron chi connectivity index (χ2n) is 6.19. The van der Waals surface area contributed by atoms with Gasteiger partial charge in [-0.2, -0.15) is 0 Å². The van der Waals surface area contributed by atoms with E-state index in [-0.39, 0.29) is 5.91 Å². The fourth-order valence-corrected chi connectivity index (χ4v) is 3.45. The number of rotatable bonds is 3. The van der Waals surface area contributed by atoms with E-state index >= 15 is 0 Å². The van der Waals surface area contributed by atoms with Crippen LogP contribution < -0.4 is 4.90 Å². The van der Waals surface area contributed by atoms with Crippen LogP contribution in [0.15, 0.2) is 18.5 Å². The van der Waals surface area contributed by atoms with Crippen LogP contribution in [0.1, 0.15) is 36.0 Å². The van der Waals surface area contributed by atoms with Crippen molar-refractivity contribution in [3.05, 3.63) is 24.0 Å². The lowest BCUT2D eigenvalue weighted by Gasteiger charge is -2.42. The van der Waals surface area contributed by atoms with Gasteiger partial charge in [-0.05, 0) is 37.7 Å². The molecule has 1 amide bonds. The largest absolute Gasteiger partial charge is 0.381 e. The van der Waals surface area contributed by atoms with Crippen molar-refractivity contribution in [2.24, 2.45) is 5.92 Å². The monoisotopic (exact) mass is 305 g/mol. The number of ether oxygens (including phenoxy) is 1. The fourth-order valence-electron chi connectivity index (χ4n) is 3.45. The van der Waals surface area contributed by atoms with E-state index in [4.69, 9.17) is 4.74 Å². The number of nitrogens with zero attached hydrogens (tertiary/aromatic N) is 3. The maximum Gasteiger partial charge on any atom is 0.259 e. The van der Waals surface area contributed by atoms with Crippen molar-refractivity contribution >= 4 is 11.6 Å². The lowest BCUT2D eigenvalue weighted by atomic mass is 9.87. The minimum absolute atomic E-state index is 0.114. The molecule has 0 saturated heterocycles. The molecule has 1 aliphatic carbocycles. The van der Waals surface area contributed by atoms with Crippen LogP contribution in [-0.4, -0.2) is 54.1 Å².